The summed E-state index contributed by atoms with van der Waals surface area (Å²) < 4.78 is 21.6. The van der Waals surface area contributed by atoms with Crippen molar-refractivity contribution in [2.24, 2.45) is 5.92 Å². The van der Waals surface area contributed by atoms with Crippen LogP contribution in [-0.2, 0) is 4.74 Å². The molecule has 0 unspecified atom stereocenters. The monoisotopic (exact) mass is 391 g/mol. The molecule has 1 aromatic heterocycles. The van der Waals surface area contributed by atoms with Crippen molar-refractivity contribution >= 4 is 16.7 Å². The van der Waals surface area contributed by atoms with Gasteiger partial charge in [-0.15, -0.1) is 0 Å². The minimum atomic E-state index is 0.246. The van der Waals surface area contributed by atoms with Gasteiger partial charge in [-0.1, -0.05) is 0 Å². The minimum absolute atomic E-state index is 0.246. The maximum Gasteiger partial charge on any atom is 0.319 e. The Morgan fingerprint density at radius 1 is 1.04 bits per heavy atom. The van der Waals surface area contributed by atoms with E-state index in [1.165, 1.54) is 0 Å². The number of fused-ring (bicyclic) bond motifs is 1. The standard InChI is InChI=1S/C20H29N3O5/c1-25-10-11-28-20-21-16-13-18(27-3)17(26-2)12-15(16)19(22-20)23-7-4-14(5-8-23)6-9-24/h12-14,24H,4-11H2,1-3H3. The van der Waals surface area contributed by atoms with Crippen molar-refractivity contribution in [2.45, 2.75) is 19.3 Å². The van der Waals surface area contributed by atoms with Gasteiger partial charge in [0, 0.05) is 38.3 Å². The summed E-state index contributed by atoms with van der Waals surface area (Å²) in [5, 5.41) is 10.1. The molecule has 0 radical (unpaired) electrons. The van der Waals surface area contributed by atoms with Crippen LogP contribution in [0.1, 0.15) is 19.3 Å². The summed E-state index contributed by atoms with van der Waals surface area (Å²) in [6.45, 7) is 2.85. The number of anilines is 1. The van der Waals surface area contributed by atoms with Gasteiger partial charge in [-0.05, 0) is 31.2 Å². The molecule has 0 bridgehead atoms. The molecule has 0 atom stereocenters. The molecule has 1 fully saturated rings. The van der Waals surface area contributed by atoms with Crippen molar-refractivity contribution in [3.05, 3.63) is 12.1 Å². The normalized spacial score (nSPS) is 15.1. The van der Waals surface area contributed by atoms with Gasteiger partial charge < -0.3 is 29.0 Å². The molecule has 0 aliphatic carbocycles. The van der Waals surface area contributed by atoms with E-state index in [0.29, 0.717) is 36.6 Å². The Balaban J connectivity index is 1.97. The number of hydrogen-bond acceptors (Lipinski definition) is 8. The summed E-state index contributed by atoms with van der Waals surface area (Å²) in [7, 11) is 4.85. The number of rotatable bonds is 9. The van der Waals surface area contributed by atoms with E-state index in [1.54, 1.807) is 21.3 Å². The Morgan fingerprint density at radius 2 is 1.75 bits per heavy atom. The zero-order valence-corrected chi connectivity index (χ0v) is 16.8. The first-order chi connectivity index (χ1) is 13.7. The van der Waals surface area contributed by atoms with Gasteiger partial charge in [-0.3, -0.25) is 0 Å². The van der Waals surface area contributed by atoms with Crippen LogP contribution in [0.25, 0.3) is 10.9 Å². The smallest absolute Gasteiger partial charge is 0.319 e. The van der Waals surface area contributed by atoms with Gasteiger partial charge in [0.1, 0.15) is 12.4 Å². The lowest BCUT2D eigenvalue weighted by molar-refractivity contribution is 0.141. The Bertz CT molecular complexity index is 778. The molecule has 1 aliphatic heterocycles. The highest BCUT2D eigenvalue weighted by Crippen LogP contribution is 2.37. The number of ether oxygens (including phenoxy) is 4. The third-order valence-corrected chi connectivity index (χ3v) is 5.13. The maximum atomic E-state index is 9.20. The van der Waals surface area contributed by atoms with Gasteiger partial charge in [0.2, 0.25) is 0 Å². The van der Waals surface area contributed by atoms with E-state index in [0.717, 1.165) is 49.1 Å². The van der Waals surface area contributed by atoms with Gasteiger partial charge in [-0.2, -0.15) is 9.97 Å². The topological polar surface area (TPSA) is 86.2 Å². The fraction of sp³-hybridized carbons (Fsp3) is 0.600. The first kappa shape index (κ1) is 20.4. The average molecular weight is 391 g/mol. The molecular formula is C20H29N3O5. The Hall–Kier alpha value is -2.32. The van der Waals surface area contributed by atoms with Crippen molar-refractivity contribution in [1.29, 1.82) is 0 Å². The van der Waals surface area contributed by atoms with Crippen LogP contribution in [0.3, 0.4) is 0 Å². The zero-order valence-electron chi connectivity index (χ0n) is 16.8. The van der Waals surface area contributed by atoms with Crippen molar-refractivity contribution in [3.8, 4) is 17.5 Å². The molecule has 2 heterocycles. The van der Waals surface area contributed by atoms with E-state index in [1.807, 2.05) is 12.1 Å². The third-order valence-electron chi connectivity index (χ3n) is 5.13. The lowest BCUT2D eigenvalue weighted by atomic mass is 9.94. The lowest BCUT2D eigenvalue weighted by Gasteiger charge is -2.33. The first-order valence-electron chi connectivity index (χ1n) is 9.61. The van der Waals surface area contributed by atoms with Crippen LogP contribution in [0.15, 0.2) is 12.1 Å². The second-order valence-electron chi connectivity index (χ2n) is 6.84. The van der Waals surface area contributed by atoms with Gasteiger partial charge in [0.05, 0.1) is 26.3 Å². The lowest BCUT2D eigenvalue weighted by Crippen LogP contribution is -2.34. The molecule has 2 aromatic rings. The second kappa shape index (κ2) is 9.75. The summed E-state index contributed by atoms with van der Waals surface area (Å²) in [4.78, 5) is 11.5. The predicted molar refractivity (Wildman–Crippen MR) is 107 cm³/mol. The van der Waals surface area contributed by atoms with E-state index < -0.39 is 0 Å². The molecule has 1 N–H and O–H groups in total. The summed E-state index contributed by atoms with van der Waals surface area (Å²) in [6, 6.07) is 4.09. The molecule has 8 heteroatoms. The molecule has 154 valence electrons. The van der Waals surface area contributed by atoms with Gasteiger partial charge in [0.15, 0.2) is 11.5 Å². The highest BCUT2D eigenvalue weighted by Gasteiger charge is 2.23. The Labute approximate surface area is 165 Å². The van der Waals surface area contributed by atoms with Crippen LogP contribution in [0.4, 0.5) is 5.82 Å². The number of hydrogen-bond donors (Lipinski definition) is 1. The van der Waals surface area contributed by atoms with Crippen LogP contribution in [0.2, 0.25) is 0 Å². The van der Waals surface area contributed by atoms with E-state index >= 15 is 0 Å². The summed E-state index contributed by atoms with van der Waals surface area (Å²) in [5.41, 5.74) is 0.743. The van der Waals surface area contributed by atoms with Crippen LogP contribution in [0.5, 0.6) is 17.5 Å². The molecule has 1 aliphatic rings. The Kier molecular flexibility index (Phi) is 7.11. The molecule has 8 nitrogen and oxygen atoms in total. The van der Waals surface area contributed by atoms with Crippen LogP contribution < -0.4 is 19.1 Å². The number of piperidine rings is 1. The maximum absolute atomic E-state index is 9.20. The first-order valence-corrected chi connectivity index (χ1v) is 9.61. The minimum Gasteiger partial charge on any atom is -0.493 e. The van der Waals surface area contributed by atoms with Crippen LogP contribution in [0, 0.1) is 5.92 Å². The molecule has 3 rings (SSSR count). The fourth-order valence-corrected chi connectivity index (χ4v) is 3.56. The molecule has 0 saturated carbocycles. The summed E-state index contributed by atoms with van der Waals surface area (Å²) >= 11 is 0. The number of aliphatic hydroxyl groups is 1. The average Bonchev–Trinajstić information content (AvgIpc) is 2.73. The van der Waals surface area contributed by atoms with Crippen molar-refractivity contribution in [2.75, 3.05) is 59.1 Å². The number of aliphatic hydroxyl groups excluding tert-OH is 1. The zero-order chi connectivity index (χ0) is 19.9. The highest BCUT2D eigenvalue weighted by atomic mass is 16.5. The highest BCUT2D eigenvalue weighted by molar-refractivity contribution is 5.92. The quantitative estimate of drug-likeness (QED) is 0.652. The van der Waals surface area contributed by atoms with Crippen LogP contribution >= 0.6 is 0 Å². The number of methoxy groups -OCH3 is 3. The molecule has 1 saturated heterocycles. The van der Waals surface area contributed by atoms with Gasteiger partial charge in [0.25, 0.3) is 0 Å². The van der Waals surface area contributed by atoms with Crippen LogP contribution in [-0.4, -0.2) is 69.3 Å². The second-order valence-corrected chi connectivity index (χ2v) is 6.84. The fourth-order valence-electron chi connectivity index (χ4n) is 3.56. The van der Waals surface area contributed by atoms with E-state index in [-0.39, 0.29) is 6.61 Å². The number of nitrogens with zero attached hydrogens (tertiary/aromatic N) is 3. The largest absolute Gasteiger partial charge is 0.493 e. The van der Waals surface area contributed by atoms with E-state index in [9.17, 15) is 5.11 Å². The number of benzene rings is 1. The van der Waals surface area contributed by atoms with E-state index in [4.69, 9.17) is 18.9 Å². The van der Waals surface area contributed by atoms with Crippen molar-refractivity contribution < 1.29 is 24.1 Å². The molecule has 1 aromatic carbocycles. The molecule has 0 amide bonds. The number of aromatic nitrogens is 2. The molecular weight excluding hydrogens is 362 g/mol. The molecule has 0 spiro atoms. The third kappa shape index (κ3) is 4.56. The predicted octanol–water partition coefficient (Wildman–Crippen LogP) is 2.27. The Morgan fingerprint density at radius 3 is 2.39 bits per heavy atom. The van der Waals surface area contributed by atoms with Crippen molar-refractivity contribution in [3.63, 3.8) is 0 Å². The SMILES string of the molecule is COCCOc1nc(N2CCC(CCO)CC2)c2cc(OC)c(OC)cc2n1. The summed E-state index contributed by atoms with van der Waals surface area (Å²) in [6.07, 6.45) is 2.91. The summed E-state index contributed by atoms with van der Waals surface area (Å²) in [5.74, 6) is 2.65. The molecule has 28 heavy (non-hydrogen) atoms. The van der Waals surface area contributed by atoms with Gasteiger partial charge >= 0.3 is 6.01 Å². The van der Waals surface area contributed by atoms with E-state index in [2.05, 4.69) is 14.9 Å². The van der Waals surface area contributed by atoms with Crippen molar-refractivity contribution in [1.82, 2.24) is 9.97 Å². The van der Waals surface area contributed by atoms with Gasteiger partial charge in [-0.25, -0.2) is 0 Å².